The Bertz CT molecular complexity index is 1410. The summed E-state index contributed by atoms with van der Waals surface area (Å²) in [4.78, 5) is 20.9. The van der Waals surface area contributed by atoms with Gasteiger partial charge in [0.2, 0.25) is 0 Å². The summed E-state index contributed by atoms with van der Waals surface area (Å²) < 4.78 is 12.0. The number of hydrogen-bond acceptors (Lipinski definition) is 5. The molecule has 0 N–H and O–H groups in total. The van der Waals surface area contributed by atoms with Gasteiger partial charge in [-0.05, 0) is 36.4 Å². The van der Waals surface area contributed by atoms with E-state index in [1.54, 1.807) is 18.2 Å². The van der Waals surface area contributed by atoms with Crippen LogP contribution in [0.5, 0.6) is 11.5 Å². The Balaban J connectivity index is 1.36. The van der Waals surface area contributed by atoms with Crippen LogP contribution in [0.2, 0.25) is 0 Å². The van der Waals surface area contributed by atoms with E-state index in [-0.39, 0.29) is 13.2 Å². The van der Waals surface area contributed by atoms with Crippen molar-refractivity contribution in [3.05, 3.63) is 108 Å². The molecule has 0 fully saturated rings. The first kappa shape index (κ1) is 19.7. The zero-order chi connectivity index (χ0) is 21.8. The predicted octanol–water partition coefficient (Wildman–Crippen LogP) is 5.75. The second kappa shape index (κ2) is 8.86. The number of rotatable bonds is 7. The van der Waals surface area contributed by atoms with Crippen LogP contribution in [0.15, 0.2) is 91.0 Å². The second-order valence-electron chi connectivity index (χ2n) is 7.36. The van der Waals surface area contributed by atoms with Gasteiger partial charge in [-0.1, -0.05) is 54.6 Å². The first-order valence-electron chi connectivity index (χ1n) is 10.3. The van der Waals surface area contributed by atoms with Gasteiger partial charge < -0.3 is 9.47 Å². The Morgan fingerprint density at radius 3 is 1.84 bits per heavy atom. The zero-order valence-corrected chi connectivity index (χ0v) is 17.3. The van der Waals surface area contributed by atoms with Crippen molar-refractivity contribution in [2.75, 3.05) is 0 Å². The maximum atomic E-state index is 11.6. The van der Waals surface area contributed by atoms with Crippen LogP contribution in [0, 0.1) is 0 Å². The molecule has 0 aliphatic rings. The van der Waals surface area contributed by atoms with Gasteiger partial charge in [-0.25, -0.2) is 9.97 Å². The van der Waals surface area contributed by atoms with E-state index < -0.39 is 0 Å². The lowest BCUT2D eigenvalue weighted by molar-refractivity contribution is 0.111. The van der Waals surface area contributed by atoms with Crippen LogP contribution in [0.25, 0.3) is 21.8 Å². The van der Waals surface area contributed by atoms with Crippen molar-refractivity contribution in [2.45, 2.75) is 13.2 Å². The molecule has 5 rings (SSSR count). The summed E-state index contributed by atoms with van der Waals surface area (Å²) in [5.41, 5.74) is 3.80. The van der Waals surface area contributed by atoms with Crippen LogP contribution in [0.1, 0.15) is 21.7 Å². The number of fused-ring (bicyclic) bond motifs is 2. The smallest absolute Gasteiger partial charge is 0.172 e. The van der Waals surface area contributed by atoms with E-state index in [4.69, 9.17) is 9.47 Å². The highest BCUT2D eigenvalue weighted by Gasteiger charge is 2.12. The lowest BCUT2D eigenvalue weighted by Gasteiger charge is -2.14. The molecule has 5 heteroatoms. The molecule has 0 bridgehead atoms. The highest BCUT2D eigenvalue weighted by atomic mass is 16.5. The predicted molar refractivity (Wildman–Crippen MR) is 124 cm³/mol. The molecule has 0 saturated carbocycles. The average molecular weight is 420 g/mol. The molecule has 5 nitrogen and oxygen atoms in total. The summed E-state index contributed by atoms with van der Waals surface area (Å²) in [7, 11) is 0. The summed E-state index contributed by atoms with van der Waals surface area (Å²) in [6.45, 7) is 0.484. The molecule has 0 spiro atoms. The van der Waals surface area contributed by atoms with Crippen molar-refractivity contribution >= 4 is 28.1 Å². The zero-order valence-electron chi connectivity index (χ0n) is 17.3. The highest BCUT2D eigenvalue weighted by molar-refractivity contribution is 5.81. The Morgan fingerprint density at radius 2 is 1.22 bits per heavy atom. The number of carbonyl (C=O) groups is 1. The summed E-state index contributed by atoms with van der Waals surface area (Å²) >= 11 is 0. The van der Waals surface area contributed by atoms with Crippen LogP contribution in [-0.4, -0.2) is 16.3 Å². The van der Waals surface area contributed by atoms with E-state index in [2.05, 4.69) is 9.97 Å². The van der Waals surface area contributed by atoms with Gasteiger partial charge in [-0.3, -0.25) is 4.79 Å². The van der Waals surface area contributed by atoms with Gasteiger partial charge in [0.25, 0.3) is 0 Å². The van der Waals surface area contributed by atoms with Crippen molar-refractivity contribution in [2.24, 2.45) is 0 Å². The number of benzene rings is 3. The molecule has 0 amide bonds. The van der Waals surface area contributed by atoms with Crippen molar-refractivity contribution in [1.29, 1.82) is 0 Å². The first-order valence-corrected chi connectivity index (χ1v) is 10.3. The Morgan fingerprint density at radius 1 is 0.625 bits per heavy atom. The number of nitrogens with zero attached hydrogens (tertiary/aromatic N) is 2. The van der Waals surface area contributed by atoms with E-state index in [0.717, 1.165) is 39.5 Å². The molecule has 5 aromatic rings. The summed E-state index contributed by atoms with van der Waals surface area (Å²) in [5, 5.41) is 2.14. The van der Waals surface area contributed by atoms with E-state index in [0.29, 0.717) is 17.1 Å². The van der Waals surface area contributed by atoms with Crippen LogP contribution >= 0.6 is 0 Å². The average Bonchev–Trinajstić information content (AvgIpc) is 2.86. The van der Waals surface area contributed by atoms with E-state index in [1.807, 2.05) is 72.8 Å². The van der Waals surface area contributed by atoms with Gasteiger partial charge >= 0.3 is 0 Å². The number of para-hydroxylation sites is 3. The molecule has 2 aromatic heterocycles. The molecule has 2 heterocycles. The molecule has 0 saturated heterocycles. The Hall–Kier alpha value is -4.25. The minimum atomic E-state index is 0.222. The van der Waals surface area contributed by atoms with Crippen LogP contribution in [0.3, 0.4) is 0 Å². The first-order chi connectivity index (χ1) is 15.8. The van der Waals surface area contributed by atoms with Gasteiger partial charge in [0.05, 0.1) is 28.0 Å². The SMILES string of the molecule is O=Cc1cccc(OCc2ccc3ccccc3n2)c1OCc1ccc2ccccc2n1. The van der Waals surface area contributed by atoms with E-state index in [1.165, 1.54) is 0 Å². The fourth-order valence-electron chi connectivity index (χ4n) is 3.57. The fourth-order valence-corrected chi connectivity index (χ4v) is 3.57. The monoisotopic (exact) mass is 420 g/mol. The molecule has 0 aliphatic carbocycles. The number of ether oxygens (including phenoxy) is 2. The van der Waals surface area contributed by atoms with Crippen LogP contribution < -0.4 is 9.47 Å². The quantitative estimate of drug-likeness (QED) is 0.314. The molecule has 3 aromatic carbocycles. The van der Waals surface area contributed by atoms with Gasteiger partial charge in [0, 0.05) is 10.8 Å². The van der Waals surface area contributed by atoms with Gasteiger partial charge in [-0.2, -0.15) is 0 Å². The number of aldehydes is 1. The molecular weight excluding hydrogens is 400 g/mol. The molecule has 0 atom stereocenters. The van der Waals surface area contributed by atoms with Gasteiger partial charge in [-0.15, -0.1) is 0 Å². The number of carbonyl (C=O) groups excluding carboxylic acids is 1. The number of pyridine rings is 2. The highest BCUT2D eigenvalue weighted by Crippen LogP contribution is 2.32. The third-order valence-corrected chi connectivity index (χ3v) is 5.19. The third kappa shape index (κ3) is 4.14. The Labute approximate surface area is 185 Å². The summed E-state index contributed by atoms with van der Waals surface area (Å²) in [6.07, 6.45) is 0.768. The molecular formula is C27H20N2O3. The maximum absolute atomic E-state index is 11.6. The third-order valence-electron chi connectivity index (χ3n) is 5.19. The second-order valence-corrected chi connectivity index (χ2v) is 7.36. The Kier molecular flexibility index (Phi) is 5.45. The topological polar surface area (TPSA) is 61.3 Å². The molecule has 0 unspecified atom stereocenters. The summed E-state index contributed by atoms with van der Waals surface area (Å²) in [6, 6.07) is 29.0. The summed E-state index contributed by atoms with van der Waals surface area (Å²) in [5.74, 6) is 0.892. The van der Waals surface area contributed by atoms with Crippen LogP contribution in [-0.2, 0) is 13.2 Å². The minimum Gasteiger partial charge on any atom is -0.483 e. The van der Waals surface area contributed by atoms with E-state index in [9.17, 15) is 4.79 Å². The van der Waals surface area contributed by atoms with E-state index >= 15 is 0 Å². The van der Waals surface area contributed by atoms with Crippen molar-refractivity contribution in [1.82, 2.24) is 9.97 Å². The van der Waals surface area contributed by atoms with Gasteiger partial charge in [0.15, 0.2) is 17.8 Å². The largest absolute Gasteiger partial charge is 0.483 e. The maximum Gasteiger partial charge on any atom is 0.172 e. The lowest BCUT2D eigenvalue weighted by atomic mass is 10.2. The fraction of sp³-hybridized carbons (Fsp3) is 0.0741. The molecule has 156 valence electrons. The molecule has 32 heavy (non-hydrogen) atoms. The molecule has 0 radical (unpaired) electrons. The van der Waals surface area contributed by atoms with Crippen LogP contribution in [0.4, 0.5) is 0 Å². The number of aromatic nitrogens is 2. The van der Waals surface area contributed by atoms with Gasteiger partial charge in [0.1, 0.15) is 13.2 Å². The standard InChI is InChI=1S/C27H20N2O3/c30-16-21-8-5-11-26(31-17-22-14-12-19-6-1-3-9-24(19)28-22)27(21)32-18-23-15-13-20-7-2-4-10-25(20)29-23/h1-16H,17-18H2. The molecule has 0 aliphatic heterocycles. The van der Waals surface area contributed by atoms with Crippen molar-refractivity contribution < 1.29 is 14.3 Å². The minimum absolute atomic E-state index is 0.222. The lowest BCUT2D eigenvalue weighted by Crippen LogP contribution is -2.05. The normalized spacial score (nSPS) is 10.9. The number of hydrogen-bond donors (Lipinski definition) is 0. The van der Waals surface area contributed by atoms with Crippen molar-refractivity contribution in [3.63, 3.8) is 0 Å². The van der Waals surface area contributed by atoms with Crippen molar-refractivity contribution in [3.8, 4) is 11.5 Å².